The van der Waals surface area contributed by atoms with Gasteiger partial charge in [-0.25, -0.2) is 0 Å². The average Bonchev–Trinajstić information content (AvgIpc) is 3.28. The van der Waals surface area contributed by atoms with E-state index in [2.05, 4.69) is 27.0 Å². The Labute approximate surface area is 145 Å². The van der Waals surface area contributed by atoms with Gasteiger partial charge in [-0.05, 0) is 51.4 Å². The van der Waals surface area contributed by atoms with Crippen LogP contribution < -0.4 is 10.1 Å². The summed E-state index contributed by atoms with van der Waals surface area (Å²) < 4.78 is 5.93. The molecule has 3 rings (SSSR count). The lowest BCUT2D eigenvalue weighted by atomic mass is 10.2. The SMILES string of the molecule is CN=C(NCC(C)Oc1ccccc1)N1CCC(N2CCCC2)C1. The Kier molecular flexibility index (Phi) is 5.96. The summed E-state index contributed by atoms with van der Waals surface area (Å²) in [5, 5.41) is 3.47. The highest BCUT2D eigenvalue weighted by atomic mass is 16.5. The molecule has 2 atom stereocenters. The number of para-hydroxylation sites is 1. The van der Waals surface area contributed by atoms with Crippen molar-refractivity contribution < 1.29 is 4.74 Å². The quantitative estimate of drug-likeness (QED) is 0.664. The molecule has 1 aromatic rings. The smallest absolute Gasteiger partial charge is 0.193 e. The number of likely N-dealkylation sites (tertiary alicyclic amines) is 2. The zero-order chi connectivity index (χ0) is 16.8. The third-order valence-corrected chi connectivity index (χ3v) is 4.96. The fourth-order valence-corrected chi connectivity index (χ4v) is 3.68. The second kappa shape index (κ2) is 8.38. The van der Waals surface area contributed by atoms with Crippen molar-refractivity contribution in [3.8, 4) is 5.75 Å². The van der Waals surface area contributed by atoms with Crippen molar-refractivity contribution >= 4 is 5.96 Å². The van der Waals surface area contributed by atoms with Crippen molar-refractivity contribution in [2.45, 2.75) is 38.3 Å². The summed E-state index contributed by atoms with van der Waals surface area (Å²) >= 11 is 0. The largest absolute Gasteiger partial charge is 0.489 e. The Morgan fingerprint density at radius 1 is 1.25 bits per heavy atom. The Bertz CT molecular complexity index is 527. The van der Waals surface area contributed by atoms with E-state index in [-0.39, 0.29) is 6.10 Å². The number of hydrogen-bond acceptors (Lipinski definition) is 3. The van der Waals surface area contributed by atoms with Crippen molar-refractivity contribution in [2.75, 3.05) is 39.8 Å². The standard InChI is InChI=1S/C19H30N4O/c1-16(24-18-8-4-3-5-9-18)14-21-19(20-2)23-13-10-17(15-23)22-11-6-7-12-22/h3-5,8-9,16-17H,6-7,10-15H2,1-2H3,(H,20,21). The molecule has 2 heterocycles. The maximum Gasteiger partial charge on any atom is 0.193 e. The molecular weight excluding hydrogens is 300 g/mol. The van der Waals surface area contributed by atoms with Gasteiger partial charge in [0.15, 0.2) is 5.96 Å². The molecule has 0 amide bonds. The number of nitrogens with zero attached hydrogens (tertiary/aromatic N) is 3. The van der Waals surface area contributed by atoms with E-state index in [4.69, 9.17) is 4.74 Å². The van der Waals surface area contributed by atoms with Gasteiger partial charge < -0.3 is 15.0 Å². The van der Waals surface area contributed by atoms with Crippen molar-refractivity contribution in [2.24, 2.45) is 4.99 Å². The highest BCUT2D eigenvalue weighted by Gasteiger charge is 2.30. The summed E-state index contributed by atoms with van der Waals surface area (Å²) in [6.07, 6.45) is 4.06. The van der Waals surface area contributed by atoms with Crippen molar-refractivity contribution in [3.05, 3.63) is 30.3 Å². The molecule has 5 nitrogen and oxygen atoms in total. The van der Waals surface area contributed by atoms with Gasteiger partial charge in [0.1, 0.15) is 11.9 Å². The van der Waals surface area contributed by atoms with E-state index < -0.39 is 0 Å². The molecule has 132 valence electrons. The highest BCUT2D eigenvalue weighted by molar-refractivity contribution is 5.80. The van der Waals surface area contributed by atoms with Gasteiger partial charge in [0, 0.05) is 26.2 Å². The molecule has 2 fully saturated rings. The van der Waals surface area contributed by atoms with Crippen molar-refractivity contribution in [1.29, 1.82) is 0 Å². The average molecular weight is 330 g/mol. The predicted octanol–water partition coefficient (Wildman–Crippen LogP) is 2.20. The van der Waals surface area contributed by atoms with Gasteiger partial charge in [-0.2, -0.15) is 0 Å². The molecule has 1 N–H and O–H groups in total. The summed E-state index contributed by atoms with van der Waals surface area (Å²) in [4.78, 5) is 9.50. The molecule has 5 heteroatoms. The van der Waals surface area contributed by atoms with Crippen LogP contribution in [0, 0.1) is 0 Å². The highest BCUT2D eigenvalue weighted by Crippen LogP contribution is 2.20. The van der Waals surface area contributed by atoms with E-state index in [0.29, 0.717) is 6.04 Å². The molecule has 2 saturated heterocycles. The molecule has 0 aromatic heterocycles. The molecule has 2 aliphatic heterocycles. The number of guanidine groups is 1. The summed E-state index contributed by atoms with van der Waals surface area (Å²) in [7, 11) is 1.87. The number of hydrogen-bond donors (Lipinski definition) is 1. The summed E-state index contributed by atoms with van der Waals surface area (Å²) in [6.45, 7) is 7.57. The first kappa shape index (κ1) is 17.1. The minimum absolute atomic E-state index is 0.0983. The lowest BCUT2D eigenvalue weighted by molar-refractivity contribution is 0.221. The topological polar surface area (TPSA) is 40.1 Å². The van der Waals surface area contributed by atoms with Crippen LogP contribution in [0.4, 0.5) is 0 Å². The molecule has 0 saturated carbocycles. The lowest BCUT2D eigenvalue weighted by Crippen LogP contribution is -2.45. The molecule has 2 aliphatic rings. The first-order valence-electron chi connectivity index (χ1n) is 9.17. The number of nitrogens with one attached hydrogen (secondary N) is 1. The lowest BCUT2D eigenvalue weighted by Gasteiger charge is -2.26. The Balaban J connectivity index is 1.45. The van der Waals surface area contributed by atoms with Crippen LogP contribution in [-0.2, 0) is 0 Å². The zero-order valence-corrected chi connectivity index (χ0v) is 14.9. The maximum absolute atomic E-state index is 5.93. The second-order valence-corrected chi connectivity index (χ2v) is 6.80. The molecule has 0 aliphatic carbocycles. The third kappa shape index (κ3) is 4.41. The first-order valence-corrected chi connectivity index (χ1v) is 9.17. The number of ether oxygens (including phenoxy) is 1. The first-order chi connectivity index (χ1) is 11.8. The maximum atomic E-state index is 5.93. The third-order valence-electron chi connectivity index (χ3n) is 4.96. The summed E-state index contributed by atoms with van der Waals surface area (Å²) in [5.41, 5.74) is 0. The second-order valence-electron chi connectivity index (χ2n) is 6.80. The zero-order valence-electron chi connectivity index (χ0n) is 14.9. The summed E-state index contributed by atoms with van der Waals surface area (Å²) in [6, 6.07) is 10.7. The van der Waals surface area contributed by atoms with Gasteiger partial charge >= 0.3 is 0 Å². The van der Waals surface area contributed by atoms with Crippen LogP contribution in [0.1, 0.15) is 26.2 Å². The molecule has 0 radical (unpaired) electrons. The summed E-state index contributed by atoms with van der Waals surface area (Å²) in [5.74, 6) is 1.91. The van der Waals surface area contributed by atoms with Gasteiger partial charge in [0.25, 0.3) is 0 Å². The van der Waals surface area contributed by atoms with Crippen LogP contribution in [0.15, 0.2) is 35.3 Å². The predicted molar refractivity (Wildman–Crippen MR) is 98.7 cm³/mol. The van der Waals surface area contributed by atoms with Gasteiger partial charge in [-0.15, -0.1) is 0 Å². The van der Waals surface area contributed by atoms with Crippen molar-refractivity contribution in [3.63, 3.8) is 0 Å². The normalized spacial score (nSPS) is 23.5. The van der Waals surface area contributed by atoms with Crippen LogP contribution in [-0.4, -0.2) is 67.7 Å². The van der Waals surface area contributed by atoms with Gasteiger partial charge in [0.2, 0.25) is 0 Å². The molecular formula is C19H30N4O. The van der Waals surface area contributed by atoms with E-state index >= 15 is 0 Å². The van der Waals surface area contributed by atoms with Gasteiger partial charge in [-0.1, -0.05) is 18.2 Å². The monoisotopic (exact) mass is 330 g/mol. The van der Waals surface area contributed by atoms with Crippen LogP contribution >= 0.6 is 0 Å². The van der Waals surface area contributed by atoms with E-state index in [1.807, 2.05) is 37.4 Å². The number of aliphatic imine (C=N–C) groups is 1. The molecule has 24 heavy (non-hydrogen) atoms. The van der Waals surface area contributed by atoms with E-state index in [0.717, 1.165) is 31.3 Å². The minimum Gasteiger partial charge on any atom is -0.489 e. The molecule has 0 spiro atoms. The Morgan fingerprint density at radius 3 is 2.71 bits per heavy atom. The molecule has 1 aromatic carbocycles. The van der Waals surface area contributed by atoms with Gasteiger partial charge in [-0.3, -0.25) is 9.89 Å². The Hall–Kier alpha value is -1.75. The van der Waals surface area contributed by atoms with Crippen molar-refractivity contribution in [1.82, 2.24) is 15.1 Å². The Morgan fingerprint density at radius 2 is 2.00 bits per heavy atom. The van der Waals surface area contributed by atoms with E-state index in [9.17, 15) is 0 Å². The van der Waals surface area contributed by atoms with Crippen LogP contribution in [0.25, 0.3) is 0 Å². The van der Waals surface area contributed by atoms with Crippen LogP contribution in [0.3, 0.4) is 0 Å². The minimum atomic E-state index is 0.0983. The van der Waals surface area contributed by atoms with E-state index in [1.165, 1.54) is 32.4 Å². The molecule has 2 unspecified atom stereocenters. The van der Waals surface area contributed by atoms with Crippen LogP contribution in [0.2, 0.25) is 0 Å². The van der Waals surface area contributed by atoms with Crippen LogP contribution in [0.5, 0.6) is 5.75 Å². The van der Waals surface area contributed by atoms with E-state index in [1.54, 1.807) is 0 Å². The number of rotatable bonds is 5. The number of benzene rings is 1. The van der Waals surface area contributed by atoms with Gasteiger partial charge in [0.05, 0.1) is 6.54 Å². The molecule has 0 bridgehead atoms. The fourth-order valence-electron chi connectivity index (χ4n) is 3.68. The fraction of sp³-hybridized carbons (Fsp3) is 0.632.